The van der Waals surface area contributed by atoms with Crippen LogP contribution < -0.4 is 5.32 Å². The summed E-state index contributed by atoms with van der Waals surface area (Å²) in [5.74, 6) is 0.435. The molecule has 2 heterocycles. The van der Waals surface area contributed by atoms with E-state index in [1.54, 1.807) is 30.6 Å². The number of hydrogen-bond acceptors (Lipinski definition) is 3. The Bertz CT molecular complexity index is 633. The second-order valence-electron chi connectivity index (χ2n) is 4.56. The van der Waals surface area contributed by atoms with Crippen LogP contribution in [0.5, 0.6) is 0 Å². The van der Waals surface area contributed by atoms with Crippen molar-refractivity contribution in [3.05, 3.63) is 59.7 Å². The molecule has 3 nitrogen and oxygen atoms in total. The van der Waals surface area contributed by atoms with E-state index in [1.165, 1.54) is 17.8 Å². The standard InChI is InChI=1S/C15H13FN2OS/c16-12-3-1-2-11-13(6-9-20-14(11)12)18-15(19)10-4-7-17-8-5-10/h1-5,7-8,13H,6,9H2,(H,18,19). The van der Waals surface area contributed by atoms with Crippen LogP contribution in [0.2, 0.25) is 0 Å². The van der Waals surface area contributed by atoms with Crippen molar-refractivity contribution < 1.29 is 9.18 Å². The third kappa shape index (κ3) is 2.54. The van der Waals surface area contributed by atoms with Crippen molar-refractivity contribution in [2.45, 2.75) is 17.4 Å². The van der Waals surface area contributed by atoms with Crippen LogP contribution in [0, 0.1) is 5.82 Å². The largest absolute Gasteiger partial charge is 0.345 e. The van der Waals surface area contributed by atoms with Crippen LogP contribution >= 0.6 is 11.8 Å². The maximum atomic E-state index is 13.8. The minimum atomic E-state index is -0.213. The van der Waals surface area contributed by atoms with Crippen LogP contribution in [-0.4, -0.2) is 16.6 Å². The van der Waals surface area contributed by atoms with Crippen LogP contribution in [0.1, 0.15) is 28.4 Å². The number of carbonyl (C=O) groups excluding carboxylic acids is 1. The van der Waals surface area contributed by atoms with E-state index in [-0.39, 0.29) is 17.8 Å². The van der Waals surface area contributed by atoms with Crippen molar-refractivity contribution >= 4 is 17.7 Å². The summed E-state index contributed by atoms with van der Waals surface area (Å²) >= 11 is 1.51. The lowest BCUT2D eigenvalue weighted by atomic mass is 10.0. The molecule has 3 rings (SSSR count). The zero-order chi connectivity index (χ0) is 13.9. The van der Waals surface area contributed by atoms with Crippen LogP contribution in [0.4, 0.5) is 4.39 Å². The Morgan fingerprint density at radius 1 is 1.30 bits per heavy atom. The molecule has 0 radical (unpaired) electrons. The van der Waals surface area contributed by atoms with E-state index in [2.05, 4.69) is 10.3 Å². The summed E-state index contributed by atoms with van der Waals surface area (Å²) < 4.78 is 13.8. The number of nitrogens with zero attached hydrogens (tertiary/aromatic N) is 1. The molecule has 0 saturated carbocycles. The molecule has 1 atom stereocenters. The third-order valence-corrected chi connectivity index (χ3v) is 4.43. The maximum Gasteiger partial charge on any atom is 0.251 e. The predicted molar refractivity (Wildman–Crippen MR) is 76.2 cm³/mol. The normalized spacial score (nSPS) is 17.4. The zero-order valence-corrected chi connectivity index (χ0v) is 11.5. The Balaban J connectivity index is 1.84. The zero-order valence-electron chi connectivity index (χ0n) is 10.7. The first-order chi connectivity index (χ1) is 9.75. The van der Waals surface area contributed by atoms with Crippen LogP contribution in [0.25, 0.3) is 0 Å². The van der Waals surface area contributed by atoms with Crippen molar-refractivity contribution in [1.29, 1.82) is 0 Å². The van der Waals surface area contributed by atoms with Crippen LogP contribution in [0.3, 0.4) is 0 Å². The molecule has 1 aliphatic heterocycles. The van der Waals surface area contributed by atoms with Gasteiger partial charge in [-0.3, -0.25) is 9.78 Å². The van der Waals surface area contributed by atoms with Gasteiger partial charge in [0.15, 0.2) is 0 Å². The van der Waals surface area contributed by atoms with Crippen molar-refractivity contribution in [2.24, 2.45) is 0 Å². The number of carbonyl (C=O) groups is 1. The number of thioether (sulfide) groups is 1. The molecule has 1 N–H and O–H groups in total. The smallest absolute Gasteiger partial charge is 0.251 e. The second-order valence-corrected chi connectivity index (χ2v) is 5.66. The van der Waals surface area contributed by atoms with Crippen molar-refractivity contribution in [2.75, 3.05) is 5.75 Å². The molecule has 0 bridgehead atoms. The number of nitrogens with one attached hydrogen (secondary N) is 1. The fourth-order valence-electron chi connectivity index (χ4n) is 2.28. The number of benzene rings is 1. The molecular weight excluding hydrogens is 275 g/mol. The Morgan fingerprint density at radius 2 is 2.10 bits per heavy atom. The van der Waals surface area contributed by atoms with Gasteiger partial charge in [0.25, 0.3) is 5.91 Å². The lowest BCUT2D eigenvalue weighted by Gasteiger charge is -2.26. The molecule has 2 aromatic rings. The maximum absolute atomic E-state index is 13.8. The fourth-order valence-corrected chi connectivity index (χ4v) is 3.42. The minimum absolute atomic E-state index is 0.136. The molecule has 20 heavy (non-hydrogen) atoms. The van der Waals surface area contributed by atoms with E-state index in [1.807, 2.05) is 6.07 Å². The molecule has 0 saturated heterocycles. The van der Waals surface area contributed by atoms with E-state index in [0.717, 1.165) is 17.7 Å². The van der Waals surface area contributed by atoms with E-state index in [9.17, 15) is 9.18 Å². The molecule has 0 spiro atoms. The molecule has 1 amide bonds. The SMILES string of the molecule is O=C(NC1CCSc2c(F)cccc21)c1ccncc1. The van der Waals surface area contributed by atoms with E-state index in [4.69, 9.17) is 0 Å². The highest BCUT2D eigenvalue weighted by atomic mass is 32.2. The Kier molecular flexibility index (Phi) is 3.69. The molecule has 1 aromatic heterocycles. The molecule has 102 valence electrons. The fraction of sp³-hybridized carbons (Fsp3) is 0.200. The van der Waals surface area contributed by atoms with Gasteiger partial charge < -0.3 is 5.32 Å². The molecule has 1 aromatic carbocycles. The minimum Gasteiger partial charge on any atom is -0.345 e. The molecule has 0 aliphatic carbocycles. The Labute approximate surface area is 120 Å². The molecule has 5 heteroatoms. The van der Waals surface area contributed by atoms with Gasteiger partial charge in [0.05, 0.1) is 6.04 Å². The number of rotatable bonds is 2. The van der Waals surface area contributed by atoms with Gasteiger partial charge in [0.1, 0.15) is 5.82 Å². The summed E-state index contributed by atoms with van der Waals surface area (Å²) in [4.78, 5) is 16.7. The number of halogens is 1. The molecular formula is C15H13FN2OS. The number of amides is 1. The number of hydrogen-bond donors (Lipinski definition) is 1. The van der Waals surface area contributed by atoms with Gasteiger partial charge in [-0.2, -0.15) is 0 Å². The van der Waals surface area contributed by atoms with Gasteiger partial charge in [-0.1, -0.05) is 12.1 Å². The highest BCUT2D eigenvalue weighted by molar-refractivity contribution is 7.99. The van der Waals surface area contributed by atoms with Crippen molar-refractivity contribution in [1.82, 2.24) is 10.3 Å². The summed E-state index contributed by atoms with van der Waals surface area (Å²) in [7, 11) is 0. The first kappa shape index (κ1) is 13.1. The summed E-state index contributed by atoms with van der Waals surface area (Å²) in [5, 5.41) is 2.97. The van der Waals surface area contributed by atoms with Crippen LogP contribution in [-0.2, 0) is 0 Å². The monoisotopic (exact) mass is 288 g/mol. The van der Waals surface area contributed by atoms with E-state index >= 15 is 0 Å². The first-order valence-electron chi connectivity index (χ1n) is 6.38. The van der Waals surface area contributed by atoms with E-state index in [0.29, 0.717) is 10.5 Å². The van der Waals surface area contributed by atoms with Gasteiger partial charge in [-0.15, -0.1) is 11.8 Å². The van der Waals surface area contributed by atoms with Gasteiger partial charge in [-0.05, 0) is 30.2 Å². The molecule has 1 aliphatic rings. The Hall–Kier alpha value is -1.88. The average molecular weight is 288 g/mol. The van der Waals surface area contributed by atoms with Crippen molar-refractivity contribution in [3.8, 4) is 0 Å². The summed E-state index contributed by atoms with van der Waals surface area (Å²) in [6.45, 7) is 0. The lowest BCUT2D eigenvalue weighted by Crippen LogP contribution is -2.30. The van der Waals surface area contributed by atoms with Crippen LogP contribution in [0.15, 0.2) is 47.6 Å². The topological polar surface area (TPSA) is 42.0 Å². The highest BCUT2D eigenvalue weighted by Gasteiger charge is 2.24. The number of pyridine rings is 1. The molecule has 1 unspecified atom stereocenters. The predicted octanol–water partition coefficient (Wildman–Crippen LogP) is 3.19. The highest BCUT2D eigenvalue weighted by Crippen LogP contribution is 2.37. The summed E-state index contributed by atoms with van der Waals surface area (Å²) in [6.07, 6.45) is 3.97. The first-order valence-corrected chi connectivity index (χ1v) is 7.36. The van der Waals surface area contributed by atoms with Gasteiger partial charge in [0.2, 0.25) is 0 Å². The third-order valence-electron chi connectivity index (χ3n) is 3.27. The summed E-state index contributed by atoms with van der Waals surface area (Å²) in [5.41, 5.74) is 1.43. The van der Waals surface area contributed by atoms with E-state index < -0.39 is 0 Å². The summed E-state index contributed by atoms with van der Waals surface area (Å²) in [6, 6.07) is 8.22. The second kappa shape index (κ2) is 5.63. The Morgan fingerprint density at radius 3 is 2.90 bits per heavy atom. The average Bonchev–Trinajstić information content (AvgIpc) is 2.49. The number of aromatic nitrogens is 1. The van der Waals surface area contributed by atoms with Gasteiger partial charge >= 0.3 is 0 Å². The number of fused-ring (bicyclic) bond motifs is 1. The van der Waals surface area contributed by atoms with Crippen molar-refractivity contribution in [3.63, 3.8) is 0 Å². The molecule has 0 fully saturated rings. The van der Waals surface area contributed by atoms with Gasteiger partial charge in [0, 0.05) is 28.6 Å². The quantitative estimate of drug-likeness (QED) is 0.922. The van der Waals surface area contributed by atoms with Gasteiger partial charge in [-0.25, -0.2) is 4.39 Å². The lowest BCUT2D eigenvalue weighted by molar-refractivity contribution is 0.0934.